The van der Waals surface area contributed by atoms with Crippen molar-refractivity contribution in [2.45, 2.75) is 44.4 Å². The Morgan fingerprint density at radius 3 is 2.12 bits per heavy atom. The van der Waals surface area contributed by atoms with Crippen LogP contribution >= 0.6 is 0 Å². The number of para-hydroxylation sites is 1. The molecule has 0 aromatic heterocycles. The van der Waals surface area contributed by atoms with Crippen molar-refractivity contribution in [3.05, 3.63) is 79.9 Å². The number of fused-ring (bicyclic) bond motifs is 1. The molecular weight excluding hydrogens is 544 g/mol. The number of likely N-dealkylation sites (tertiary alicyclic amines) is 1. The Bertz CT molecular complexity index is 1340. The van der Waals surface area contributed by atoms with Gasteiger partial charge in [0, 0.05) is 49.8 Å². The number of aliphatic hydroxyl groups excluding tert-OH is 1. The zero-order valence-corrected chi connectivity index (χ0v) is 25.1. The van der Waals surface area contributed by atoms with Crippen LogP contribution in [0.2, 0.25) is 0 Å². The standard InChI is InChI=1S/C34H42N4O5/c1-5-20-36(25-12-10-9-11-13-25)31(40)28-27-18-19-34(43-27)29(28)32(41)38(22-23-39)30(34)33(42)37(21-6-2)26-16-14-24(15-17-26)35(7-3)8-4/h5-6,9-17,27-30,39H,1-2,7-8,18-23H2,3-4H3/t27-,28+,29+,30?,34?/m1/s1. The van der Waals surface area contributed by atoms with Crippen molar-refractivity contribution in [2.75, 3.05) is 54.0 Å². The average Bonchev–Trinajstić information content (AvgIpc) is 3.67. The van der Waals surface area contributed by atoms with Crippen molar-refractivity contribution >= 4 is 34.8 Å². The summed E-state index contributed by atoms with van der Waals surface area (Å²) in [6.07, 6.45) is 3.88. The summed E-state index contributed by atoms with van der Waals surface area (Å²) in [5.41, 5.74) is 1.28. The van der Waals surface area contributed by atoms with Crippen molar-refractivity contribution < 1.29 is 24.2 Å². The lowest BCUT2D eigenvalue weighted by Crippen LogP contribution is -2.57. The molecular formula is C34H42N4O5. The molecule has 2 aromatic rings. The van der Waals surface area contributed by atoms with Crippen molar-refractivity contribution in [3.8, 4) is 0 Å². The van der Waals surface area contributed by atoms with Crippen LogP contribution in [0.25, 0.3) is 0 Å². The number of nitrogens with zero attached hydrogens (tertiary/aromatic N) is 4. The predicted molar refractivity (Wildman–Crippen MR) is 168 cm³/mol. The van der Waals surface area contributed by atoms with E-state index in [-0.39, 0.29) is 44.0 Å². The van der Waals surface area contributed by atoms with Crippen molar-refractivity contribution in [1.29, 1.82) is 0 Å². The molecule has 1 spiro atoms. The first-order chi connectivity index (χ1) is 20.9. The molecule has 3 aliphatic heterocycles. The lowest BCUT2D eigenvalue weighted by atomic mass is 9.70. The number of rotatable bonds is 13. The second kappa shape index (κ2) is 12.7. The van der Waals surface area contributed by atoms with E-state index in [1.807, 2.05) is 54.6 Å². The van der Waals surface area contributed by atoms with Gasteiger partial charge in [0.15, 0.2) is 0 Å². The lowest BCUT2D eigenvalue weighted by Gasteiger charge is -2.37. The molecule has 9 nitrogen and oxygen atoms in total. The zero-order valence-electron chi connectivity index (χ0n) is 25.1. The molecule has 5 atom stereocenters. The third-order valence-corrected chi connectivity index (χ3v) is 9.17. The van der Waals surface area contributed by atoms with Gasteiger partial charge in [0.2, 0.25) is 11.8 Å². The van der Waals surface area contributed by atoms with Crippen molar-refractivity contribution in [3.63, 3.8) is 0 Å². The number of amides is 3. The molecule has 3 saturated heterocycles. The molecule has 2 unspecified atom stereocenters. The van der Waals surface area contributed by atoms with Crippen LogP contribution in [0, 0.1) is 11.8 Å². The summed E-state index contributed by atoms with van der Waals surface area (Å²) in [6, 6.07) is 16.1. The van der Waals surface area contributed by atoms with Crippen LogP contribution in [0.15, 0.2) is 79.9 Å². The Morgan fingerprint density at radius 2 is 1.53 bits per heavy atom. The van der Waals surface area contributed by atoms with E-state index in [0.717, 1.165) is 18.8 Å². The van der Waals surface area contributed by atoms with Gasteiger partial charge >= 0.3 is 0 Å². The third-order valence-electron chi connectivity index (χ3n) is 9.17. The number of hydrogen-bond donors (Lipinski definition) is 1. The fourth-order valence-electron chi connectivity index (χ4n) is 7.33. The van der Waals surface area contributed by atoms with Crippen molar-refractivity contribution in [1.82, 2.24) is 4.90 Å². The van der Waals surface area contributed by atoms with Crippen LogP contribution in [-0.2, 0) is 19.1 Å². The third kappa shape index (κ3) is 5.14. The minimum Gasteiger partial charge on any atom is -0.395 e. The Labute approximate surface area is 254 Å². The first-order valence-corrected chi connectivity index (χ1v) is 15.2. The zero-order chi connectivity index (χ0) is 30.7. The number of anilines is 3. The number of β-amino-alcohol motifs (C(OH)–C–C–N with tert-alkyl or cyclic N) is 1. The quantitative estimate of drug-likeness (QED) is 0.361. The van der Waals surface area contributed by atoms with Gasteiger partial charge in [0.25, 0.3) is 5.91 Å². The van der Waals surface area contributed by atoms with Crippen LogP contribution in [0.3, 0.4) is 0 Å². The van der Waals surface area contributed by atoms with Crippen LogP contribution in [0.5, 0.6) is 0 Å². The first-order valence-electron chi connectivity index (χ1n) is 15.2. The second-order valence-corrected chi connectivity index (χ2v) is 11.3. The Balaban J connectivity index is 1.51. The fourth-order valence-corrected chi connectivity index (χ4v) is 7.33. The monoisotopic (exact) mass is 586 g/mol. The highest BCUT2D eigenvalue weighted by atomic mass is 16.5. The van der Waals surface area contributed by atoms with Gasteiger partial charge in [-0.05, 0) is 63.1 Å². The molecule has 228 valence electrons. The van der Waals surface area contributed by atoms with Gasteiger partial charge in [-0.3, -0.25) is 14.4 Å². The molecule has 0 saturated carbocycles. The highest BCUT2D eigenvalue weighted by molar-refractivity contribution is 6.06. The molecule has 3 aliphatic rings. The maximum absolute atomic E-state index is 14.6. The normalized spacial score (nSPS) is 25.4. The molecule has 2 aromatic carbocycles. The number of carbonyl (C=O) groups is 3. The van der Waals surface area contributed by atoms with Crippen molar-refractivity contribution in [2.24, 2.45) is 11.8 Å². The summed E-state index contributed by atoms with van der Waals surface area (Å²) in [7, 11) is 0. The SMILES string of the molecule is C=CCN(C(=O)C1N(CCO)C(=O)[C@@H]2[C@@H](C(=O)N(CC=C)c3ccccc3)[C@H]3CCC12O3)c1ccc(N(CC)CC)cc1. The van der Waals surface area contributed by atoms with Gasteiger partial charge in [-0.1, -0.05) is 30.4 Å². The maximum atomic E-state index is 14.6. The van der Waals surface area contributed by atoms with Crippen LogP contribution in [-0.4, -0.2) is 84.8 Å². The predicted octanol–water partition coefficient (Wildman–Crippen LogP) is 3.64. The number of ether oxygens (including phenoxy) is 1. The Hall–Kier alpha value is -3.95. The van der Waals surface area contributed by atoms with E-state index in [1.54, 1.807) is 22.0 Å². The molecule has 5 rings (SSSR count). The minimum absolute atomic E-state index is 0.0275. The van der Waals surface area contributed by atoms with E-state index in [2.05, 4.69) is 31.9 Å². The summed E-state index contributed by atoms with van der Waals surface area (Å²) in [5, 5.41) is 9.98. The number of hydrogen-bond acceptors (Lipinski definition) is 6. The molecule has 43 heavy (non-hydrogen) atoms. The van der Waals surface area contributed by atoms with Gasteiger partial charge in [0.05, 0.1) is 24.5 Å². The van der Waals surface area contributed by atoms with E-state index in [1.165, 1.54) is 4.90 Å². The largest absolute Gasteiger partial charge is 0.395 e. The van der Waals surface area contributed by atoms with E-state index < -0.39 is 29.6 Å². The Morgan fingerprint density at radius 1 is 0.953 bits per heavy atom. The second-order valence-electron chi connectivity index (χ2n) is 11.3. The molecule has 0 aliphatic carbocycles. The summed E-state index contributed by atoms with van der Waals surface area (Å²) in [5.74, 6) is -2.43. The fraction of sp³-hybridized carbons (Fsp3) is 0.441. The van der Waals surface area contributed by atoms with Crippen LogP contribution in [0.1, 0.15) is 26.7 Å². The van der Waals surface area contributed by atoms with Gasteiger partial charge in [0.1, 0.15) is 11.6 Å². The summed E-state index contributed by atoms with van der Waals surface area (Å²) >= 11 is 0. The van der Waals surface area contributed by atoms with E-state index >= 15 is 0 Å². The van der Waals surface area contributed by atoms with Crippen LogP contribution in [0.4, 0.5) is 17.1 Å². The van der Waals surface area contributed by atoms with Gasteiger partial charge in [-0.25, -0.2) is 0 Å². The Kier molecular flexibility index (Phi) is 9.03. The smallest absolute Gasteiger partial charge is 0.253 e. The number of carbonyl (C=O) groups excluding carboxylic acids is 3. The lowest BCUT2D eigenvalue weighted by molar-refractivity contribution is -0.141. The topological polar surface area (TPSA) is 93.6 Å². The molecule has 3 fully saturated rings. The molecule has 1 N–H and O–H groups in total. The average molecular weight is 587 g/mol. The van der Waals surface area contributed by atoms with Gasteiger partial charge in [-0.2, -0.15) is 0 Å². The van der Waals surface area contributed by atoms with E-state index in [9.17, 15) is 19.5 Å². The number of aliphatic hydroxyl groups is 1. The molecule has 9 heteroatoms. The maximum Gasteiger partial charge on any atom is 0.253 e. The summed E-state index contributed by atoms with van der Waals surface area (Å²) in [4.78, 5) is 49.8. The highest BCUT2D eigenvalue weighted by Crippen LogP contribution is 2.59. The summed E-state index contributed by atoms with van der Waals surface area (Å²) < 4.78 is 6.61. The van der Waals surface area contributed by atoms with Gasteiger partial charge < -0.3 is 29.4 Å². The summed E-state index contributed by atoms with van der Waals surface area (Å²) in [6.45, 7) is 13.8. The molecule has 2 bridgehead atoms. The van der Waals surface area contributed by atoms with Gasteiger partial charge in [-0.15, -0.1) is 13.2 Å². The minimum atomic E-state index is -1.16. The van der Waals surface area contributed by atoms with Crippen LogP contribution < -0.4 is 14.7 Å². The first kappa shape index (κ1) is 30.5. The highest BCUT2D eigenvalue weighted by Gasteiger charge is 2.75. The number of benzene rings is 2. The van der Waals surface area contributed by atoms with E-state index in [0.29, 0.717) is 24.2 Å². The molecule has 3 heterocycles. The molecule has 3 amide bonds. The molecule has 0 radical (unpaired) electrons. The van der Waals surface area contributed by atoms with E-state index in [4.69, 9.17) is 4.74 Å².